The van der Waals surface area contributed by atoms with Gasteiger partial charge in [0.1, 0.15) is 0 Å². The Labute approximate surface area is 113 Å². The second kappa shape index (κ2) is 6.99. The number of fused-ring (bicyclic) bond motifs is 1. The highest BCUT2D eigenvalue weighted by molar-refractivity contribution is 5.77. The van der Waals surface area contributed by atoms with Crippen LogP contribution >= 0.6 is 0 Å². The van der Waals surface area contributed by atoms with Crippen molar-refractivity contribution in [1.82, 2.24) is 10.6 Å². The SMILES string of the molecule is CCNC(=O)CNCc1cccc2c1OCCCO2. The summed E-state index contributed by atoms with van der Waals surface area (Å²) < 4.78 is 11.3. The van der Waals surface area contributed by atoms with E-state index in [1.807, 2.05) is 25.1 Å². The van der Waals surface area contributed by atoms with E-state index >= 15 is 0 Å². The third kappa shape index (κ3) is 3.86. The largest absolute Gasteiger partial charge is 0.490 e. The molecule has 2 N–H and O–H groups in total. The number of likely N-dealkylation sites (N-methyl/N-ethyl adjacent to an activating group) is 1. The number of carbonyl (C=O) groups is 1. The number of amides is 1. The number of carbonyl (C=O) groups excluding carboxylic acids is 1. The first-order valence-electron chi connectivity index (χ1n) is 6.66. The van der Waals surface area contributed by atoms with Crippen molar-refractivity contribution < 1.29 is 14.3 Å². The number of nitrogens with one attached hydrogen (secondary N) is 2. The van der Waals surface area contributed by atoms with Crippen LogP contribution in [0.25, 0.3) is 0 Å². The predicted octanol–water partition coefficient (Wildman–Crippen LogP) is 1.07. The van der Waals surface area contributed by atoms with Gasteiger partial charge in [0.15, 0.2) is 11.5 Å². The monoisotopic (exact) mass is 264 g/mol. The number of para-hydroxylation sites is 1. The van der Waals surface area contributed by atoms with Gasteiger partial charge >= 0.3 is 0 Å². The minimum absolute atomic E-state index is 0.00156. The second-order valence-electron chi connectivity index (χ2n) is 4.35. The first-order valence-corrected chi connectivity index (χ1v) is 6.66. The van der Waals surface area contributed by atoms with E-state index in [9.17, 15) is 4.79 Å². The Balaban J connectivity index is 1.95. The zero-order valence-electron chi connectivity index (χ0n) is 11.2. The second-order valence-corrected chi connectivity index (χ2v) is 4.35. The average molecular weight is 264 g/mol. The van der Waals surface area contributed by atoms with Crippen LogP contribution in [0.4, 0.5) is 0 Å². The van der Waals surface area contributed by atoms with Crippen molar-refractivity contribution in [3.63, 3.8) is 0 Å². The molecule has 0 aliphatic carbocycles. The smallest absolute Gasteiger partial charge is 0.233 e. The van der Waals surface area contributed by atoms with Crippen molar-refractivity contribution in [3.05, 3.63) is 23.8 Å². The van der Waals surface area contributed by atoms with Gasteiger partial charge in [-0.05, 0) is 13.0 Å². The molecule has 0 spiro atoms. The molecule has 0 saturated carbocycles. The van der Waals surface area contributed by atoms with E-state index in [0.29, 0.717) is 32.8 Å². The van der Waals surface area contributed by atoms with Crippen molar-refractivity contribution in [1.29, 1.82) is 0 Å². The molecule has 1 aromatic carbocycles. The molecule has 104 valence electrons. The minimum atomic E-state index is 0.00156. The Hall–Kier alpha value is -1.75. The molecule has 1 amide bonds. The Kier molecular flexibility index (Phi) is 5.03. The lowest BCUT2D eigenvalue weighted by atomic mass is 10.2. The Morgan fingerprint density at radius 3 is 3.00 bits per heavy atom. The summed E-state index contributed by atoms with van der Waals surface area (Å²) in [5.74, 6) is 1.58. The van der Waals surface area contributed by atoms with Gasteiger partial charge < -0.3 is 20.1 Å². The average Bonchev–Trinajstić information content (AvgIpc) is 2.65. The fourth-order valence-electron chi connectivity index (χ4n) is 1.96. The van der Waals surface area contributed by atoms with Crippen molar-refractivity contribution in [3.8, 4) is 11.5 Å². The summed E-state index contributed by atoms with van der Waals surface area (Å²) in [6.45, 7) is 4.80. The Morgan fingerprint density at radius 2 is 2.16 bits per heavy atom. The molecule has 5 heteroatoms. The highest BCUT2D eigenvalue weighted by atomic mass is 16.5. The third-order valence-electron chi connectivity index (χ3n) is 2.83. The van der Waals surface area contributed by atoms with E-state index in [2.05, 4.69) is 10.6 Å². The Bertz CT molecular complexity index is 435. The summed E-state index contributed by atoms with van der Waals surface area (Å²) >= 11 is 0. The van der Waals surface area contributed by atoms with Crippen LogP contribution < -0.4 is 20.1 Å². The van der Waals surface area contributed by atoms with Crippen LogP contribution in [0.15, 0.2) is 18.2 Å². The summed E-state index contributed by atoms with van der Waals surface area (Å²) in [7, 11) is 0. The van der Waals surface area contributed by atoms with Gasteiger partial charge in [0.05, 0.1) is 19.8 Å². The van der Waals surface area contributed by atoms with Crippen molar-refractivity contribution in [2.24, 2.45) is 0 Å². The van der Waals surface area contributed by atoms with Gasteiger partial charge in [0, 0.05) is 25.1 Å². The number of rotatable bonds is 5. The van der Waals surface area contributed by atoms with Gasteiger partial charge in [0.2, 0.25) is 5.91 Å². The maximum atomic E-state index is 11.3. The molecular formula is C14H20N2O3. The van der Waals surface area contributed by atoms with Crippen LogP contribution in [0.5, 0.6) is 11.5 Å². The van der Waals surface area contributed by atoms with Crippen molar-refractivity contribution in [2.75, 3.05) is 26.3 Å². The van der Waals surface area contributed by atoms with Crippen LogP contribution in [0.3, 0.4) is 0 Å². The van der Waals surface area contributed by atoms with Gasteiger partial charge in [-0.25, -0.2) is 0 Å². The molecule has 0 radical (unpaired) electrons. The molecule has 5 nitrogen and oxygen atoms in total. The molecule has 0 atom stereocenters. The quantitative estimate of drug-likeness (QED) is 0.835. The molecule has 0 saturated heterocycles. The zero-order chi connectivity index (χ0) is 13.5. The molecule has 1 aliphatic heterocycles. The maximum absolute atomic E-state index is 11.3. The van der Waals surface area contributed by atoms with Crippen LogP contribution in [-0.2, 0) is 11.3 Å². The van der Waals surface area contributed by atoms with E-state index < -0.39 is 0 Å². The molecular weight excluding hydrogens is 244 g/mol. The number of hydrogen-bond acceptors (Lipinski definition) is 4. The predicted molar refractivity (Wildman–Crippen MR) is 72.4 cm³/mol. The minimum Gasteiger partial charge on any atom is -0.490 e. The molecule has 2 rings (SSSR count). The van der Waals surface area contributed by atoms with Gasteiger partial charge in [-0.2, -0.15) is 0 Å². The van der Waals surface area contributed by atoms with Crippen molar-refractivity contribution in [2.45, 2.75) is 19.9 Å². The van der Waals surface area contributed by atoms with Crippen LogP contribution in [-0.4, -0.2) is 32.2 Å². The first kappa shape index (κ1) is 13.7. The third-order valence-corrected chi connectivity index (χ3v) is 2.83. The zero-order valence-corrected chi connectivity index (χ0v) is 11.2. The maximum Gasteiger partial charge on any atom is 0.233 e. The molecule has 19 heavy (non-hydrogen) atoms. The van der Waals surface area contributed by atoms with E-state index in [0.717, 1.165) is 23.5 Å². The molecule has 0 unspecified atom stereocenters. The molecule has 0 fully saturated rings. The summed E-state index contributed by atoms with van der Waals surface area (Å²) in [6, 6.07) is 5.84. The van der Waals surface area contributed by atoms with Crippen LogP contribution in [0.2, 0.25) is 0 Å². The number of ether oxygens (including phenoxy) is 2. The van der Waals surface area contributed by atoms with Crippen LogP contribution in [0, 0.1) is 0 Å². The summed E-state index contributed by atoms with van der Waals surface area (Å²) in [5, 5.41) is 5.86. The molecule has 0 aromatic heterocycles. The highest BCUT2D eigenvalue weighted by Crippen LogP contribution is 2.32. The topological polar surface area (TPSA) is 59.6 Å². The lowest BCUT2D eigenvalue weighted by Crippen LogP contribution is -2.33. The van der Waals surface area contributed by atoms with Crippen LogP contribution in [0.1, 0.15) is 18.9 Å². The fourth-order valence-corrected chi connectivity index (χ4v) is 1.96. The van der Waals surface area contributed by atoms with Crippen molar-refractivity contribution >= 4 is 5.91 Å². The van der Waals surface area contributed by atoms with E-state index in [1.54, 1.807) is 0 Å². The van der Waals surface area contributed by atoms with E-state index in [-0.39, 0.29) is 5.91 Å². The number of hydrogen-bond donors (Lipinski definition) is 2. The first-order chi connectivity index (χ1) is 9.31. The molecule has 1 heterocycles. The van der Waals surface area contributed by atoms with Gasteiger partial charge in [-0.15, -0.1) is 0 Å². The van der Waals surface area contributed by atoms with E-state index in [1.165, 1.54) is 0 Å². The highest BCUT2D eigenvalue weighted by Gasteiger charge is 2.14. The molecule has 1 aromatic rings. The van der Waals surface area contributed by atoms with Gasteiger partial charge in [0.25, 0.3) is 0 Å². The van der Waals surface area contributed by atoms with Gasteiger partial charge in [-0.3, -0.25) is 4.79 Å². The Morgan fingerprint density at radius 1 is 1.32 bits per heavy atom. The molecule has 1 aliphatic rings. The standard InChI is InChI=1S/C14H20N2O3/c1-2-16-13(17)10-15-9-11-5-3-6-12-14(11)19-8-4-7-18-12/h3,5-6,15H,2,4,7-10H2,1H3,(H,16,17). The van der Waals surface area contributed by atoms with Gasteiger partial charge in [-0.1, -0.05) is 12.1 Å². The van der Waals surface area contributed by atoms with E-state index in [4.69, 9.17) is 9.47 Å². The summed E-state index contributed by atoms with van der Waals surface area (Å²) in [5.41, 5.74) is 1.02. The number of benzene rings is 1. The summed E-state index contributed by atoms with van der Waals surface area (Å²) in [4.78, 5) is 11.3. The normalized spacial score (nSPS) is 13.7. The lowest BCUT2D eigenvalue weighted by Gasteiger charge is -2.12. The molecule has 0 bridgehead atoms. The lowest BCUT2D eigenvalue weighted by molar-refractivity contribution is -0.120. The summed E-state index contributed by atoms with van der Waals surface area (Å²) in [6.07, 6.45) is 0.889. The fraction of sp³-hybridized carbons (Fsp3) is 0.500.